The van der Waals surface area contributed by atoms with Crippen LogP contribution in [0.15, 0.2) is 77.7 Å². The van der Waals surface area contributed by atoms with Crippen molar-refractivity contribution in [3.63, 3.8) is 0 Å². The fraction of sp³-hybridized carbons (Fsp3) is 0.174. The monoisotopic (exact) mass is 375 g/mol. The number of rotatable bonds is 6. The Hall–Kier alpha value is -2.72. The van der Waals surface area contributed by atoms with E-state index in [1.54, 1.807) is 11.8 Å². The second-order valence-electron chi connectivity index (χ2n) is 6.45. The quantitative estimate of drug-likeness (QED) is 0.462. The Morgan fingerprint density at radius 2 is 1.67 bits per heavy atom. The number of aryl methyl sites for hydroxylation is 1. The van der Waals surface area contributed by atoms with Crippen LogP contribution in [-0.4, -0.2) is 18.3 Å². The zero-order valence-corrected chi connectivity index (χ0v) is 15.8. The molecule has 0 bridgehead atoms. The number of carbonyl (C=O) groups excluding carboxylic acids is 1. The lowest BCUT2D eigenvalue weighted by atomic mass is 10.0. The number of amides is 1. The fourth-order valence-electron chi connectivity index (χ4n) is 3.14. The molecule has 1 heterocycles. The van der Waals surface area contributed by atoms with Gasteiger partial charge in [-0.3, -0.25) is 4.79 Å². The molecule has 0 saturated carbocycles. The standard InChI is InChI=1S/C23H21NO2S/c25-23-13-8-19-16-20(9-12-22(19)24-23)26-14-15-27-21-10-6-18(7-11-21)17-4-2-1-3-5-17/h1-7,9-12,16H,8,13-15H2,(H,24,25). The molecule has 0 radical (unpaired) electrons. The van der Waals surface area contributed by atoms with Crippen LogP contribution in [0.1, 0.15) is 12.0 Å². The number of ether oxygens (including phenoxy) is 1. The van der Waals surface area contributed by atoms with Crippen LogP contribution < -0.4 is 10.1 Å². The summed E-state index contributed by atoms with van der Waals surface area (Å²) in [4.78, 5) is 12.7. The summed E-state index contributed by atoms with van der Waals surface area (Å²) in [6.45, 7) is 0.649. The molecule has 0 aliphatic carbocycles. The highest BCUT2D eigenvalue weighted by Gasteiger charge is 2.14. The van der Waals surface area contributed by atoms with Crippen LogP contribution in [0.25, 0.3) is 11.1 Å². The number of thioether (sulfide) groups is 1. The Balaban J connectivity index is 1.27. The van der Waals surface area contributed by atoms with Crippen LogP contribution in [0.2, 0.25) is 0 Å². The van der Waals surface area contributed by atoms with Gasteiger partial charge < -0.3 is 10.1 Å². The van der Waals surface area contributed by atoms with Crippen molar-refractivity contribution in [2.24, 2.45) is 0 Å². The number of hydrogen-bond acceptors (Lipinski definition) is 3. The third-order valence-electron chi connectivity index (χ3n) is 4.55. The molecule has 3 aromatic rings. The topological polar surface area (TPSA) is 38.3 Å². The van der Waals surface area contributed by atoms with Crippen molar-refractivity contribution in [2.75, 3.05) is 17.7 Å². The van der Waals surface area contributed by atoms with E-state index < -0.39 is 0 Å². The average molecular weight is 375 g/mol. The van der Waals surface area contributed by atoms with Crippen molar-refractivity contribution in [1.29, 1.82) is 0 Å². The molecule has 0 fully saturated rings. The van der Waals surface area contributed by atoms with E-state index in [0.717, 1.165) is 29.2 Å². The van der Waals surface area contributed by atoms with Gasteiger partial charge >= 0.3 is 0 Å². The maximum absolute atomic E-state index is 11.4. The lowest BCUT2D eigenvalue weighted by Gasteiger charge is -2.17. The van der Waals surface area contributed by atoms with Gasteiger partial charge in [0, 0.05) is 22.8 Å². The molecule has 3 nitrogen and oxygen atoms in total. The number of nitrogens with one attached hydrogen (secondary N) is 1. The van der Waals surface area contributed by atoms with E-state index in [9.17, 15) is 4.79 Å². The Morgan fingerprint density at radius 3 is 2.48 bits per heavy atom. The predicted octanol–water partition coefficient (Wildman–Crippen LogP) is 5.41. The van der Waals surface area contributed by atoms with E-state index >= 15 is 0 Å². The van der Waals surface area contributed by atoms with Gasteiger partial charge in [0.25, 0.3) is 0 Å². The van der Waals surface area contributed by atoms with E-state index in [0.29, 0.717) is 13.0 Å². The molecule has 136 valence electrons. The first-order chi connectivity index (χ1) is 13.3. The summed E-state index contributed by atoms with van der Waals surface area (Å²) in [5.74, 6) is 1.84. The van der Waals surface area contributed by atoms with Gasteiger partial charge in [-0.05, 0) is 53.4 Å². The number of benzene rings is 3. The minimum atomic E-state index is 0.0888. The van der Waals surface area contributed by atoms with Crippen molar-refractivity contribution >= 4 is 23.4 Å². The number of anilines is 1. The largest absolute Gasteiger partial charge is 0.493 e. The second kappa shape index (κ2) is 8.31. The normalized spacial score (nSPS) is 13.0. The highest BCUT2D eigenvalue weighted by molar-refractivity contribution is 7.99. The van der Waals surface area contributed by atoms with Gasteiger partial charge in [-0.1, -0.05) is 42.5 Å². The lowest BCUT2D eigenvalue weighted by Crippen LogP contribution is -2.18. The molecule has 0 atom stereocenters. The Morgan fingerprint density at radius 1 is 0.889 bits per heavy atom. The molecule has 3 aromatic carbocycles. The molecule has 1 N–H and O–H groups in total. The summed E-state index contributed by atoms with van der Waals surface area (Å²) in [5.41, 5.74) is 4.53. The summed E-state index contributed by atoms with van der Waals surface area (Å²) in [7, 11) is 0. The van der Waals surface area contributed by atoms with E-state index in [-0.39, 0.29) is 5.91 Å². The Kier molecular flexibility index (Phi) is 5.45. The first kappa shape index (κ1) is 17.7. The predicted molar refractivity (Wildman–Crippen MR) is 111 cm³/mol. The minimum absolute atomic E-state index is 0.0888. The molecule has 4 rings (SSSR count). The fourth-order valence-corrected chi connectivity index (χ4v) is 3.87. The van der Waals surface area contributed by atoms with Gasteiger partial charge in [-0.15, -0.1) is 11.8 Å². The van der Waals surface area contributed by atoms with E-state index in [4.69, 9.17) is 4.74 Å². The number of carbonyl (C=O) groups is 1. The average Bonchev–Trinajstić information content (AvgIpc) is 2.72. The SMILES string of the molecule is O=C1CCc2cc(OCCSc3ccc(-c4ccccc4)cc3)ccc2N1. The van der Waals surface area contributed by atoms with Crippen molar-refractivity contribution in [3.8, 4) is 16.9 Å². The first-order valence-corrected chi connectivity index (χ1v) is 10.1. The van der Waals surface area contributed by atoms with Crippen LogP contribution in [0, 0.1) is 0 Å². The van der Waals surface area contributed by atoms with Gasteiger partial charge in [0.1, 0.15) is 5.75 Å². The van der Waals surface area contributed by atoms with Crippen LogP contribution in [0.5, 0.6) is 5.75 Å². The van der Waals surface area contributed by atoms with Gasteiger partial charge in [0.05, 0.1) is 6.61 Å². The van der Waals surface area contributed by atoms with E-state index in [2.05, 4.69) is 53.8 Å². The zero-order valence-electron chi connectivity index (χ0n) is 15.0. The molecule has 0 unspecified atom stereocenters. The molecule has 0 saturated heterocycles. The minimum Gasteiger partial charge on any atom is -0.493 e. The lowest BCUT2D eigenvalue weighted by molar-refractivity contribution is -0.116. The molecule has 1 aliphatic heterocycles. The van der Waals surface area contributed by atoms with Gasteiger partial charge in [-0.25, -0.2) is 0 Å². The molecule has 1 amide bonds. The van der Waals surface area contributed by atoms with Crippen LogP contribution >= 0.6 is 11.8 Å². The van der Waals surface area contributed by atoms with E-state index in [1.165, 1.54) is 16.0 Å². The van der Waals surface area contributed by atoms with Crippen molar-refractivity contribution in [1.82, 2.24) is 0 Å². The summed E-state index contributed by atoms with van der Waals surface area (Å²) < 4.78 is 5.88. The third kappa shape index (κ3) is 4.52. The highest BCUT2D eigenvalue weighted by atomic mass is 32.2. The molecular formula is C23H21NO2S. The summed E-state index contributed by atoms with van der Waals surface area (Å²) in [5, 5.41) is 2.89. The third-order valence-corrected chi connectivity index (χ3v) is 5.53. The van der Waals surface area contributed by atoms with Crippen LogP contribution in [-0.2, 0) is 11.2 Å². The van der Waals surface area contributed by atoms with Crippen LogP contribution in [0.4, 0.5) is 5.69 Å². The summed E-state index contributed by atoms with van der Waals surface area (Å²) >= 11 is 1.79. The maximum atomic E-state index is 11.4. The highest BCUT2D eigenvalue weighted by Crippen LogP contribution is 2.27. The molecule has 1 aliphatic rings. The number of fused-ring (bicyclic) bond motifs is 1. The zero-order chi connectivity index (χ0) is 18.5. The van der Waals surface area contributed by atoms with Crippen molar-refractivity contribution in [3.05, 3.63) is 78.4 Å². The summed E-state index contributed by atoms with van der Waals surface area (Å²) in [6.07, 6.45) is 1.33. The van der Waals surface area contributed by atoms with Crippen molar-refractivity contribution < 1.29 is 9.53 Å². The molecule has 4 heteroatoms. The smallest absolute Gasteiger partial charge is 0.224 e. The second-order valence-corrected chi connectivity index (χ2v) is 7.62. The maximum Gasteiger partial charge on any atom is 0.224 e. The van der Waals surface area contributed by atoms with Crippen molar-refractivity contribution in [2.45, 2.75) is 17.7 Å². The Bertz CT molecular complexity index is 923. The van der Waals surface area contributed by atoms with Gasteiger partial charge in [0.15, 0.2) is 0 Å². The van der Waals surface area contributed by atoms with Gasteiger partial charge in [-0.2, -0.15) is 0 Å². The van der Waals surface area contributed by atoms with Gasteiger partial charge in [0.2, 0.25) is 5.91 Å². The molecular weight excluding hydrogens is 354 g/mol. The molecule has 27 heavy (non-hydrogen) atoms. The van der Waals surface area contributed by atoms with Crippen LogP contribution in [0.3, 0.4) is 0 Å². The molecule has 0 aromatic heterocycles. The summed E-state index contributed by atoms with van der Waals surface area (Å²) in [6, 6.07) is 24.9. The number of hydrogen-bond donors (Lipinski definition) is 1. The first-order valence-electron chi connectivity index (χ1n) is 9.12. The molecule has 0 spiro atoms. The Labute approximate surface area is 163 Å². The van der Waals surface area contributed by atoms with E-state index in [1.807, 2.05) is 24.3 Å².